The van der Waals surface area contributed by atoms with Crippen molar-refractivity contribution in [2.24, 2.45) is 0 Å². The molecule has 0 N–H and O–H groups in total. The molecule has 1 aliphatic heterocycles. The van der Waals surface area contributed by atoms with E-state index in [9.17, 15) is 26.4 Å². The summed E-state index contributed by atoms with van der Waals surface area (Å²) >= 11 is 0. The van der Waals surface area contributed by atoms with Crippen molar-refractivity contribution in [1.82, 2.24) is 0 Å². The molecule has 0 aromatic carbocycles. The molecule has 0 aromatic heterocycles. The van der Waals surface area contributed by atoms with Gasteiger partial charge in [0.05, 0.1) is 19.0 Å². The van der Waals surface area contributed by atoms with Crippen LogP contribution in [0.1, 0.15) is 6.92 Å². The van der Waals surface area contributed by atoms with E-state index in [1.807, 2.05) is 0 Å². The minimum atomic E-state index is -5.67. The fourth-order valence-corrected chi connectivity index (χ4v) is 6.10. The molecule has 10 heteroatoms. The first-order chi connectivity index (χ1) is 8.08. The van der Waals surface area contributed by atoms with E-state index in [0.29, 0.717) is 0 Å². The Balaban J connectivity index is 2.95. The Bertz CT molecular complexity index is 411. The summed E-state index contributed by atoms with van der Waals surface area (Å²) in [5, 5.41) is 0. The maximum Gasteiger partial charge on any atom is 0.523 e. The van der Waals surface area contributed by atoms with Gasteiger partial charge in [-0.25, -0.2) is 3.63 Å². The van der Waals surface area contributed by atoms with Crippen LogP contribution in [0.25, 0.3) is 0 Å². The van der Waals surface area contributed by atoms with Gasteiger partial charge in [0.15, 0.2) is 0 Å². The number of rotatable bonds is 4. The molecule has 0 radical (unpaired) electrons. The smallest absolute Gasteiger partial charge is 0.380 e. The lowest BCUT2D eigenvalue weighted by Gasteiger charge is -2.40. The van der Waals surface area contributed by atoms with Crippen LogP contribution in [-0.2, 0) is 23.3 Å². The number of hydrogen-bond acceptors (Lipinski definition) is 5. The van der Waals surface area contributed by atoms with Crippen molar-refractivity contribution in [3.05, 3.63) is 0 Å². The van der Waals surface area contributed by atoms with E-state index in [0.717, 1.165) is 0 Å². The number of carbonyl (C=O) groups excluding carboxylic acids is 1. The molecule has 0 atom stereocenters. The second kappa shape index (κ2) is 5.35. The van der Waals surface area contributed by atoms with Crippen molar-refractivity contribution in [2.75, 3.05) is 30.5 Å². The molecule has 18 heavy (non-hydrogen) atoms. The molecule has 0 aliphatic carbocycles. The zero-order valence-corrected chi connectivity index (χ0v) is 11.2. The van der Waals surface area contributed by atoms with Gasteiger partial charge in [0, 0.05) is 11.5 Å². The first-order valence-corrected chi connectivity index (χ1v) is 8.41. The third-order valence-corrected chi connectivity index (χ3v) is 7.38. The fourth-order valence-electron chi connectivity index (χ4n) is 1.46. The topological polar surface area (TPSA) is 69.7 Å². The summed E-state index contributed by atoms with van der Waals surface area (Å²) in [6.45, 7) is 1.37. The molecule has 0 bridgehead atoms. The fraction of sp³-hybridized carbons (Fsp3) is 0.875. The van der Waals surface area contributed by atoms with Crippen LogP contribution in [0.5, 0.6) is 0 Å². The first-order valence-electron chi connectivity index (χ1n) is 4.94. The molecule has 1 heterocycles. The van der Waals surface area contributed by atoms with Crippen LogP contribution < -0.4 is 0 Å². The highest BCUT2D eigenvalue weighted by Gasteiger charge is 2.51. The standard InChI is InChI=1S/C8H13F3O5S2/c1-7(12)6-17(4-2-15-3-5-17)16-18(13,14)8(9,10)11/h2-6H2,1H3. The Morgan fingerprint density at radius 3 is 2.22 bits per heavy atom. The second-order valence-corrected chi connectivity index (χ2v) is 8.75. The number of Topliss-reactive ketones (excluding diaryl/α,β-unsaturated/α-hetero) is 1. The van der Waals surface area contributed by atoms with Gasteiger partial charge in [-0.1, -0.05) is 0 Å². The largest absolute Gasteiger partial charge is 0.523 e. The number of hydrogen-bond donors (Lipinski definition) is 0. The molecule has 5 nitrogen and oxygen atoms in total. The predicted molar refractivity (Wildman–Crippen MR) is 59.8 cm³/mol. The number of ether oxygens (including phenoxy) is 1. The highest BCUT2D eigenvalue weighted by Crippen LogP contribution is 2.53. The highest BCUT2D eigenvalue weighted by molar-refractivity contribution is 8.33. The molecule has 1 aliphatic rings. The van der Waals surface area contributed by atoms with Crippen LogP contribution in [0.3, 0.4) is 0 Å². The summed E-state index contributed by atoms with van der Waals surface area (Å²) in [6, 6.07) is 0. The van der Waals surface area contributed by atoms with E-state index < -0.39 is 31.7 Å². The third-order valence-electron chi connectivity index (χ3n) is 2.18. The zero-order chi connectivity index (χ0) is 14.0. The van der Waals surface area contributed by atoms with Gasteiger partial charge in [0.2, 0.25) is 0 Å². The number of halogens is 3. The molecule has 0 spiro atoms. The van der Waals surface area contributed by atoms with Crippen LogP contribution in [-0.4, -0.2) is 50.2 Å². The summed E-state index contributed by atoms with van der Waals surface area (Å²) in [6.07, 6.45) is 0. The zero-order valence-electron chi connectivity index (χ0n) is 9.53. The van der Waals surface area contributed by atoms with E-state index >= 15 is 0 Å². The van der Waals surface area contributed by atoms with E-state index in [1.54, 1.807) is 0 Å². The highest BCUT2D eigenvalue weighted by atomic mass is 32.3. The molecule has 1 fully saturated rings. The lowest BCUT2D eigenvalue weighted by molar-refractivity contribution is -0.114. The Labute approximate surface area is 104 Å². The van der Waals surface area contributed by atoms with Gasteiger partial charge in [-0.05, 0) is 6.92 Å². The lowest BCUT2D eigenvalue weighted by atomic mass is 10.5. The van der Waals surface area contributed by atoms with Crippen LogP contribution in [0.15, 0.2) is 0 Å². The van der Waals surface area contributed by atoms with Gasteiger partial charge < -0.3 is 4.74 Å². The van der Waals surface area contributed by atoms with Crippen LogP contribution in [0.4, 0.5) is 13.2 Å². The molecule has 108 valence electrons. The van der Waals surface area contributed by atoms with Crippen LogP contribution >= 0.6 is 10.3 Å². The van der Waals surface area contributed by atoms with Gasteiger partial charge >= 0.3 is 15.6 Å². The minimum absolute atomic E-state index is 0.0158. The monoisotopic (exact) mass is 310 g/mol. The molecule has 1 saturated heterocycles. The minimum Gasteiger partial charge on any atom is -0.380 e. The average Bonchev–Trinajstić information content (AvgIpc) is 2.14. The SMILES string of the molecule is CC(=O)CS1(OS(=O)(=O)C(F)(F)F)CCOCC1. The number of alkyl halides is 3. The predicted octanol–water partition coefficient (Wildman–Crippen LogP) is 1.19. The van der Waals surface area contributed by atoms with Gasteiger partial charge in [-0.3, -0.25) is 4.79 Å². The van der Waals surface area contributed by atoms with Gasteiger partial charge in [0.25, 0.3) is 0 Å². The Morgan fingerprint density at radius 2 is 1.83 bits per heavy atom. The van der Waals surface area contributed by atoms with Crippen molar-refractivity contribution < 1.29 is 34.7 Å². The Kier molecular flexibility index (Phi) is 4.68. The van der Waals surface area contributed by atoms with Crippen molar-refractivity contribution in [3.63, 3.8) is 0 Å². The second-order valence-electron chi connectivity index (χ2n) is 3.80. The Morgan fingerprint density at radius 1 is 1.33 bits per heavy atom. The third kappa shape index (κ3) is 3.84. The molecule has 0 saturated carbocycles. The molecule has 0 amide bonds. The summed E-state index contributed by atoms with van der Waals surface area (Å²) in [5.74, 6) is -0.667. The van der Waals surface area contributed by atoms with Crippen molar-refractivity contribution in [3.8, 4) is 0 Å². The molecule has 0 unspecified atom stereocenters. The average molecular weight is 310 g/mol. The Hall–Kier alpha value is -0.320. The number of carbonyl (C=O) groups is 1. The summed E-state index contributed by atoms with van der Waals surface area (Å²) in [4.78, 5) is 11.1. The molecular weight excluding hydrogens is 297 g/mol. The normalized spacial score (nSPS) is 22.4. The molecule has 1 rings (SSSR count). The van der Waals surface area contributed by atoms with Crippen molar-refractivity contribution in [2.45, 2.75) is 12.4 Å². The summed E-state index contributed by atoms with van der Waals surface area (Å²) in [7, 11) is -8.29. The van der Waals surface area contributed by atoms with Crippen molar-refractivity contribution >= 4 is 26.2 Å². The van der Waals surface area contributed by atoms with Crippen molar-refractivity contribution in [1.29, 1.82) is 0 Å². The molecular formula is C8H13F3O5S2. The molecule has 0 aromatic rings. The van der Waals surface area contributed by atoms with Gasteiger partial charge in [0.1, 0.15) is 5.78 Å². The van der Waals surface area contributed by atoms with E-state index in [-0.39, 0.29) is 30.5 Å². The first kappa shape index (κ1) is 15.7. The quantitative estimate of drug-likeness (QED) is 0.730. The van der Waals surface area contributed by atoms with Crippen LogP contribution in [0.2, 0.25) is 0 Å². The van der Waals surface area contributed by atoms with E-state index in [4.69, 9.17) is 4.74 Å². The number of ketones is 1. The van der Waals surface area contributed by atoms with E-state index in [2.05, 4.69) is 3.63 Å². The van der Waals surface area contributed by atoms with Gasteiger partial charge in [-0.15, -0.1) is 10.3 Å². The van der Waals surface area contributed by atoms with E-state index in [1.165, 1.54) is 6.92 Å². The maximum absolute atomic E-state index is 12.3. The maximum atomic E-state index is 12.3. The van der Waals surface area contributed by atoms with Crippen LogP contribution in [0, 0.1) is 0 Å². The summed E-state index contributed by atoms with van der Waals surface area (Å²) in [5.41, 5.74) is -5.47. The summed E-state index contributed by atoms with van der Waals surface area (Å²) < 4.78 is 68.2. The van der Waals surface area contributed by atoms with Gasteiger partial charge in [-0.2, -0.15) is 21.6 Å². The lowest BCUT2D eigenvalue weighted by Crippen LogP contribution is -2.35.